The van der Waals surface area contributed by atoms with E-state index in [1.807, 2.05) is 61.5 Å². The summed E-state index contributed by atoms with van der Waals surface area (Å²) in [7, 11) is 0. The third kappa shape index (κ3) is 4.78. The van der Waals surface area contributed by atoms with E-state index >= 15 is 0 Å². The zero-order valence-corrected chi connectivity index (χ0v) is 16.6. The predicted octanol–water partition coefficient (Wildman–Crippen LogP) is 3.01. The van der Waals surface area contributed by atoms with Crippen LogP contribution in [0.1, 0.15) is 24.1 Å². The van der Waals surface area contributed by atoms with Crippen molar-refractivity contribution >= 4 is 12.0 Å². The molecule has 29 heavy (non-hydrogen) atoms. The fourth-order valence-electron chi connectivity index (χ4n) is 3.66. The molecule has 4 rings (SSSR count). The minimum atomic E-state index is -0.0622. The van der Waals surface area contributed by atoms with Gasteiger partial charge in [0.25, 0.3) is 0 Å². The number of ether oxygens (including phenoxy) is 3. The highest BCUT2D eigenvalue weighted by Gasteiger charge is 2.25. The van der Waals surface area contributed by atoms with Crippen molar-refractivity contribution in [3.63, 3.8) is 0 Å². The molecule has 0 radical (unpaired) electrons. The molecule has 1 amide bonds. The smallest absolute Gasteiger partial charge is 0.247 e. The Hall–Kier alpha value is -2.83. The number of fused-ring (bicyclic) bond motifs is 1. The van der Waals surface area contributed by atoms with Gasteiger partial charge in [0.15, 0.2) is 11.5 Å². The molecule has 1 saturated heterocycles. The third-order valence-electron chi connectivity index (χ3n) is 5.26. The molecule has 0 bridgehead atoms. The van der Waals surface area contributed by atoms with Gasteiger partial charge < -0.3 is 19.5 Å². The van der Waals surface area contributed by atoms with Gasteiger partial charge in [-0.25, -0.2) is 0 Å². The van der Waals surface area contributed by atoms with Gasteiger partial charge in [-0.2, -0.15) is 0 Å². The van der Waals surface area contributed by atoms with Crippen molar-refractivity contribution in [3.8, 4) is 11.5 Å². The second-order valence-electron chi connectivity index (χ2n) is 7.22. The maximum Gasteiger partial charge on any atom is 0.247 e. The van der Waals surface area contributed by atoms with Gasteiger partial charge in [-0.15, -0.1) is 0 Å². The predicted molar refractivity (Wildman–Crippen MR) is 111 cm³/mol. The summed E-state index contributed by atoms with van der Waals surface area (Å²) in [5, 5.41) is 3.10. The Morgan fingerprint density at radius 1 is 1.10 bits per heavy atom. The third-order valence-corrected chi connectivity index (χ3v) is 5.26. The van der Waals surface area contributed by atoms with E-state index in [-0.39, 0.29) is 18.7 Å². The van der Waals surface area contributed by atoms with Gasteiger partial charge in [0.05, 0.1) is 19.3 Å². The van der Waals surface area contributed by atoms with Gasteiger partial charge >= 0.3 is 0 Å². The van der Waals surface area contributed by atoms with Crippen molar-refractivity contribution in [2.24, 2.45) is 0 Å². The quantitative estimate of drug-likeness (QED) is 0.764. The molecule has 152 valence electrons. The standard InChI is InChI=1S/C23H26N2O4/c1-17(13-18-5-3-2-4-6-18)23(26)24-15-20(25-9-11-27-12-10-25)19-7-8-21-22(14-19)29-16-28-21/h2-8,13-14,20H,9-12,15-16H2,1H3,(H,24,26)/b17-13+. The number of morpholine rings is 1. The zero-order chi connectivity index (χ0) is 20.1. The molecule has 1 unspecified atom stereocenters. The lowest BCUT2D eigenvalue weighted by molar-refractivity contribution is -0.117. The summed E-state index contributed by atoms with van der Waals surface area (Å²) < 4.78 is 16.5. The van der Waals surface area contributed by atoms with Crippen molar-refractivity contribution in [1.82, 2.24) is 10.2 Å². The first-order chi connectivity index (χ1) is 14.2. The van der Waals surface area contributed by atoms with E-state index in [9.17, 15) is 4.79 Å². The molecule has 2 aromatic rings. The number of rotatable bonds is 6. The monoisotopic (exact) mass is 394 g/mol. The lowest BCUT2D eigenvalue weighted by Gasteiger charge is -2.35. The molecule has 0 aliphatic carbocycles. The molecule has 2 aliphatic heterocycles. The van der Waals surface area contributed by atoms with Gasteiger partial charge in [0.1, 0.15) is 0 Å². The molecule has 2 heterocycles. The normalized spacial score (nSPS) is 17.8. The Balaban J connectivity index is 1.48. The Morgan fingerprint density at radius 3 is 2.66 bits per heavy atom. The highest BCUT2D eigenvalue weighted by atomic mass is 16.7. The van der Waals surface area contributed by atoms with Crippen molar-refractivity contribution in [2.75, 3.05) is 39.6 Å². The van der Waals surface area contributed by atoms with E-state index in [1.54, 1.807) is 0 Å². The lowest BCUT2D eigenvalue weighted by Crippen LogP contribution is -2.43. The van der Waals surface area contributed by atoms with Crippen LogP contribution in [-0.2, 0) is 9.53 Å². The largest absolute Gasteiger partial charge is 0.454 e. The summed E-state index contributed by atoms with van der Waals surface area (Å²) in [5.41, 5.74) is 2.80. The van der Waals surface area contributed by atoms with Gasteiger partial charge in [-0.05, 0) is 36.3 Å². The van der Waals surface area contributed by atoms with Gasteiger partial charge in [-0.1, -0.05) is 36.4 Å². The molecule has 6 heteroatoms. The summed E-state index contributed by atoms with van der Waals surface area (Å²) >= 11 is 0. The molecule has 0 saturated carbocycles. The number of amides is 1. The van der Waals surface area contributed by atoms with Crippen molar-refractivity contribution in [3.05, 3.63) is 65.2 Å². The second kappa shape index (κ2) is 9.11. The van der Waals surface area contributed by atoms with Gasteiger partial charge in [0.2, 0.25) is 12.7 Å². The molecular weight excluding hydrogens is 368 g/mol. The summed E-state index contributed by atoms with van der Waals surface area (Å²) in [4.78, 5) is 15.0. The minimum Gasteiger partial charge on any atom is -0.454 e. The molecule has 6 nitrogen and oxygen atoms in total. The van der Waals surface area contributed by atoms with E-state index in [0.717, 1.165) is 35.7 Å². The van der Waals surface area contributed by atoms with E-state index in [1.165, 1.54) is 0 Å². The average molecular weight is 394 g/mol. The minimum absolute atomic E-state index is 0.0434. The molecule has 1 N–H and O–H groups in total. The zero-order valence-electron chi connectivity index (χ0n) is 16.6. The number of carbonyl (C=O) groups excluding carboxylic acids is 1. The first-order valence-corrected chi connectivity index (χ1v) is 9.93. The van der Waals surface area contributed by atoms with Crippen molar-refractivity contribution in [1.29, 1.82) is 0 Å². The van der Waals surface area contributed by atoms with Gasteiger partial charge in [0, 0.05) is 25.2 Å². The highest BCUT2D eigenvalue weighted by molar-refractivity contribution is 5.97. The number of nitrogens with one attached hydrogen (secondary N) is 1. The molecule has 2 aliphatic rings. The number of benzene rings is 2. The molecule has 0 aromatic heterocycles. The summed E-state index contributed by atoms with van der Waals surface area (Å²) in [5.74, 6) is 1.46. The molecular formula is C23H26N2O4. The maximum atomic E-state index is 12.7. The lowest BCUT2D eigenvalue weighted by atomic mass is 10.0. The van der Waals surface area contributed by atoms with E-state index in [4.69, 9.17) is 14.2 Å². The van der Waals surface area contributed by atoms with Crippen molar-refractivity contribution < 1.29 is 19.0 Å². The summed E-state index contributed by atoms with van der Waals surface area (Å²) in [6, 6.07) is 15.9. The molecule has 1 fully saturated rings. The average Bonchev–Trinajstić information content (AvgIpc) is 3.23. The van der Waals surface area contributed by atoms with E-state index < -0.39 is 0 Å². The topological polar surface area (TPSA) is 60.0 Å². The summed E-state index contributed by atoms with van der Waals surface area (Å²) in [6.45, 7) is 5.65. The van der Waals surface area contributed by atoms with Crippen LogP contribution in [0, 0.1) is 0 Å². The van der Waals surface area contributed by atoms with Crippen LogP contribution in [0.15, 0.2) is 54.1 Å². The van der Waals surface area contributed by atoms with Crippen LogP contribution in [0.3, 0.4) is 0 Å². The van der Waals surface area contributed by atoms with Crippen LogP contribution in [0.25, 0.3) is 6.08 Å². The van der Waals surface area contributed by atoms with Crippen LogP contribution in [0.2, 0.25) is 0 Å². The molecule has 0 spiro atoms. The first kappa shape index (κ1) is 19.5. The van der Waals surface area contributed by atoms with Gasteiger partial charge in [-0.3, -0.25) is 9.69 Å². The fraction of sp³-hybridized carbons (Fsp3) is 0.348. The van der Waals surface area contributed by atoms with Crippen molar-refractivity contribution in [2.45, 2.75) is 13.0 Å². The number of hydrogen-bond acceptors (Lipinski definition) is 5. The molecule has 2 aromatic carbocycles. The Bertz CT molecular complexity index is 876. The summed E-state index contributed by atoms with van der Waals surface area (Å²) in [6.07, 6.45) is 1.90. The van der Waals surface area contributed by atoms with E-state index in [2.05, 4.69) is 10.2 Å². The number of carbonyl (C=O) groups is 1. The second-order valence-corrected chi connectivity index (χ2v) is 7.22. The Morgan fingerprint density at radius 2 is 1.86 bits per heavy atom. The first-order valence-electron chi connectivity index (χ1n) is 9.93. The van der Waals surface area contributed by atoms with Crippen LogP contribution in [0.5, 0.6) is 11.5 Å². The highest BCUT2D eigenvalue weighted by Crippen LogP contribution is 2.35. The van der Waals surface area contributed by atoms with E-state index in [0.29, 0.717) is 25.3 Å². The fourth-order valence-corrected chi connectivity index (χ4v) is 3.66. The van der Waals surface area contributed by atoms with Crippen LogP contribution in [0.4, 0.5) is 0 Å². The van der Waals surface area contributed by atoms with Crippen LogP contribution < -0.4 is 14.8 Å². The molecule has 1 atom stereocenters. The van der Waals surface area contributed by atoms with Crippen LogP contribution in [-0.4, -0.2) is 50.4 Å². The van der Waals surface area contributed by atoms with Crippen LogP contribution >= 0.6 is 0 Å². The maximum absolute atomic E-state index is 12.7. The Kier molecular flexibility index (Phi) is 6.12. The Labute approximate surface area is 171 Å². The SMILES string of the molecule is C/C(=C\c1ccccc1)C(=O)NCC(c1ccc2c(c1)OCO2)N1CCOCC1. The number of nitrogens with zero attached hydrogens (tertiary/aromatic N) is 1. The number of hydrogen-bond donors (Lipinski definition) is 1.